The molecule has 82 valence electrons. The maximum Gasteiger partial charge on any atom is 0.326 e. The highest BCUT2D eigenvalue weighted by atomic mass is 16.4. The molecule has 0 bridgehead atoms. The number of carbonyl (C=O) groups excluding carboxylic acids is 1. The lowest BCUT2D eigenvalue weighted by molar-refractivity contribution is -0.139. The van der Waals surface area contributed by atoms with Crippen LogP contribution in [0.2, 0.25) is 0 Å². The summed E-state index contributed by atoms with van der Waals surface area (Å²) in [4.78, 5) is 22.2. The maximum atomic E-state index is 11.6. The first kappa shape index (κ1) is 11.3. The van der Waals surface area contributed by atoms with E-state index in [9.17, 15) is 9.59 Å². The highest BCUT2D eigenvalue weighted by Gasteiger charge is 2.20. The van der Waals surface area contributed by atoms with Gasteiger partial charge in [-0.1, -0.05) is 6.92 Å². The molecular formula is C10H13NO4. The van der Waals surface area contributed by atoms with Crippen molar-refractivity contribution in [2.75, 3.05) is 0 Å². The van der Waals surface area contributed by atoms with E-state index < -0.39 is 17.9 Å². The lowest BCUT2D eigenvalue weighted by Gasteiger charge is -2.11. The van der Waals surface area contributed by atoms with E-state index in [1.165, 1.54) is 12.3 Å². The molecule has 0 aliphatic heterocycles. The van der Waals surface area contributed by atoms with Crippen molar-refractivity contribution < 1.29 is 19.1 Å². The van der Waals surface area contributed by atoms with Crippen LogP contribution < -0.4 is 5.32 Å². The Balaban J connectivity index is 2.71. The zero-order valence-corrected chi connectivity index (χ0v) is 8.61. The molecule has 0 saturated carbocycles. The van der Waals surface area contributed by atoms with Gasteiger partial charge in [-0.05, 0) is 19.4 Å². The van der Waals surface area contributed by atoms with E-state index in [0.717, 1.165) is 0 Å². The summed E-state index contributed by atoms with van der Waals surface area (Å²) in [6, 6.07) is 0.658. The van der Waals surface area contributed by atoms with Gasteiger partial charge in [0.05, 0.1) is 11.8 Å². The van der Waals surface area contributed by atoms with Crippen LogP contribution in [0.15, 0.2) is 16.7 Å². The lowest BCUT2D eigenvalue weighted by Crippen LogP contribution is -2.40. The second-order valence-electron chi connectivity index (χ2n) is 3.16. The minimum Gasteiger partial charge on any atom is -0.480 e. The molecule has 1 aromatic heterocycles. The number of aryl methyl sites for hydroxylation is 1. The second kappa shape index (κ2) is 4.63. The molecule has 0 radical (unpaired) electrons. The molecule has 1 aromatic rings. The molecule has 15 heavy (non-hydrogen) atoms. The first-order chi connectivity index (χ1) is 7.06. The van der Waals surface area contributed by atoms with Gasteiger partial charge in [-0.25, -0.2) is 4.79 Å². The first-order valence-electron chi connectivity index (χ1n) is 4.64. The van der Waals surface area contributed by atoms with Gasteiger partial charge in [0, 0.05) is 0 Å². The minimum absolute atomic E-state index is 0.345. The molecule has 1 heterocycles. The van der Waals surface area contributed by atoms with Crippen LogP contribution in [-0.4, -0.2) is 23.0 Å². The Morgan fingerprint density at radius 3 is 2.67 bits per heavy atom. The van der Waals surface area contributed by atoms with Crippen molar-refractivity contribution in [3.63, 3.8) is 0 Å². The molecule has 0 aromatic carbocycles. The van der Waals surface area contributed by atoms with E-state index in [4.69, 9.17) is 9.52 Å². The molecule has 0 saturated heterocycles. The van der Waals surface area contributed by atoms with Crippen LogP contribution in [0.5, 0.6) is 0 Å². The third-order valence-electron chi connectivity index (χ3n) is 2.12. The van der Waals surface area contributed by atoms with Crippen molar-refractivity contribution in [2.45, 2.75) is 26.3 Å². The normalized spacial score (nSPS) is 12.1. The van der Waals surface area contributed by atoms with Gasteiger partial charge in [0.1, 0.15) is 11.8 Å². The highest BCUT2D eigenvalue weighted by Crippen LogP contribution is 2.08. The molecule has 0 aliphatic rings. The predicted molar refractivity (Wildman–Crippen MR) is 52.6 cm³/mol. The fourth-order valence-corrected chi connectivity index (χ4v) is 1.19. The predicted octanol–water partition coefficient (Wildman–Crippen LogP) is 1.18. The average molecular weight is 211 g/mol. The summed E-state index contributed by atoms with van der Waals surface area (Å²) in [7, 11) is 0. The number of hydrogen-bond donors (Lipinski definition) is 2. The standard InChI is InChI=1S/C10H13NO4/c1-3-8(10(13)14)11-9(12)7-4-5-15-6(7)2/h4-5,8H,3H2,1-2H3,(H,11,12)(H,13,14)/t8-/m1/s1. The summed E-state index contributed by atoms with van der Waals surface area (Å²) >= 11 is 0. The molecule has 0 fully saturated rings. The fourth-order valence-electron chi connectivity index (χ4n) is 1.19. The third kappa shape index (κ3) is 2.59. The smallest absolute Gasteiger partial charge is 0.326 e. The number of aliphatic carboxylic acids is 1. The van der Waals surface area contributed by atoms with Gasteiger partial charge in [0.2, 0.25) is 0 Å². The Morgan fingerprint density at radius 1 is 1.60 bits per heavy atom. The third-order valence-corrected chi connectivity index (χ3v) is 2.12. The van der Waals surface area contributed by atoms with E-state index in [2.05, 4.69) is 5.32 Å². The number of furan rings is 1. The molecule has 1 amide bonds. The number of nitrogens with one attached hydrogen (secondary N) is 1. The van der Waals surface area contributed by atoms with Gasteiger partial charge in [-0.15, -0.1) is 0 Å². The zero-order valence-electron chi connectivity index (χ0n) is 8.61. The highest BCUT2D eigenvalue weighted by molar-refractivity contribution is 5.97. The van der Waals surface area contributed by atoms with Gasteiger partial charge in [0.15, 0.2) is 0 Å². The summed E-state index contributed by atoms with van der Waals surface area (Å²) in [6.45, 7) is 3.35. The van der Waals surface area contributed by atoms with E-state index >= 15 is 0 Å². The number of hydrogen-bond acceptors (Lipinski definition) is 3. The molecule has 1 atom stereocenters. The zero-order chi connectivity index (χ0) is 11.4. The fraction of sp³-hybridized carbons (Fsp3) is 0.400. The molecule has 5 nitrogen and oxygen atoms in total. The van der Waals surface area contributed by atoms with Gasteiger partial charge in [-0.3, -0.25) is 4.79 Å². The summed E-state index contributed by atoms with van der Waals surface area (Å²) in [5.41, 5.74) is 0.370. The van der Waals surface area contributed by atoms with Gasteiger partial charge >= 0.3 is 5.97 Å². The van der Waals surface area contributed by atoms with Crippen molar-refractivity contribution in [1.82, 2.24) is 5.32 Å². The molecule has 2 N–H and O–H groups in total. The summed E-state index contributed by atoms with van der Waals surface area (Å²) in [5, 5.41) is 11.2. The second-order valence-corrected chi connectivity index (χ2v) is 3.16. The van der Waals surface area contributed by atoms with Crippen molar-refractivity contribution in [1.29, 1.82) is 0 Å². The summed E-state index contributed by atoms with van der Waals surface area (Å²) in [5.74, 6) is -0.977. The molecule has 5 heteroatoms. The van der Waals surface area contributed by atoms with Crippen molar-refractivity contribution in [2.24, 2.45) is 0 Å². The van der Waals surface area contributed by atoms with Gasteiger partial charge in [-0.2, -0.15) is 0 Å². The Bertz CT molecular complexity index is 369. The van der Waals surface area contributed by atoms with Crippen LogP contribution in [-0.2, 0) is 4.79 Å². The minimum atomic E-state index is -1.04. The maximum absolute atomic E-state index is 11.6. The van der Waals surface area contributed by atoms with Crippen molar-refractivity contribution in [3.8, 4) is 0 Å². The van der Waals surface area contributed by atoms with Crippen LogP contribution in [0.4, 0.5) is 0 Å². The van der Waals surface area contributed by atoms with Crippen LogP contribution in [0.25, 0.3) is 0 Å². The first-order valence-corrected chi connectivity index (χ1v) is 4.64. The van der Waals surface area contributed by atoms with E-state index in [-0.39, 0.29) is 0 Å². The molecular weight excluding hydrogens is 198 g/mol. The van der Waals surface area contributed by atoms with Crippen LogP contribution in [0, 0.1) is 6.92 Å². The molecule has 0 spiro atoms. The van der Waals surface area contributed by atoms with Crippen molar-refractivity contribution >= 4 is 11.9 Å². The largest absolute Gasteiger partial charge is 0.480 e. The quantitative estimate of drug-likeness (QED) is 0.783. The van der Waals surface area contributed by atoms with Gasteiger partial charge in [0.25, 0.3) is 5.91 Å². The molecule has 0 unspecified atom stereocenters. The van der Waals surface area contributed by atoms with Crippen LogP contribution >= 0.6 is 0 Å². The van der Waals surface area contributed by atoms with E-state index in [1.807, 2.05) is 0 Å². The number of carboxylic acid groups (broad SMARTS) is 1. The molecule has 0 aliphatic carbocycles. The summed E-state index contributed by atoms with van der Waals surface area (Å²) in [6.07, 6.45) is 1.74. The Kier molecular flexibility index (Phi) is 3.49. The number of carbonyl (C=O) groups is 2. The van der Waals surface area contributed by atoms with E-state index in [1.54, 1.807) is 13.8 Å². The monoisotopic (exact) mass is 211 g/mol. The number of carboxylic acids is 1. The summed E-state index contributed by atoms with van der Waals surface area (Å²) < 4.78 is 4.95. The van der Waals surface area contributed by atoms with Gasteiger partial charge < -0.3 is 14.8 Å². The Labute approximate surface area is 87.1 Å². The lowest BCUT2D eigenvalue weighted by atomic mass is 10.2. The topological polar surface area (TPSA) is 79.5 Å². The Hall–Kier alpha value is -1.78. The van der Waals surface area contributed by atoms with E-state index in [0.29, 0.717) is 17.7 Å². The van der Waals surface area contributed by atoms with Crippen LogP contribution in [0.3, 0.4) is 0 Å². The van der Waals surface area contributed by atoms with Crippen molar-refractivity contribution in [3.05, 3.63) is 23.7 Å². The SMILES string of the molecule is CC[C@@H](NC(=O)c1ccoc1C)C(=O)O. The number of amides is 1. The Morgan fingerprint density at radius 2 is 2.27 bits per heavy atom. The average Bonchev–Trinajstić information content (AvgIpc) is 2.60. The number of rotatable bonds is 4. The van der Waals surface area contributed by atoms with Crippen LogP contribution in [0.1, 0.15) is 29.5 Å². The molecule has 1 rings (SSSR count).